The van der Waals surface area contributed by atoms with E-state index in [1.165, 1.54) is 12.1 Å². The van der Waals surface area contributed by atoms with E-state index < -0.39 is 11.7 Å². The lowest BCUT2D eigenvalue weighted by atomic mass is 9.93. The van der Waals surface area contributed by atoms with E-state index in [1.54, 1.807) is 6.07 Å². The third-order valence-electron chi connectivity index (χ3n) is 6.00. The number of amides is 1. The Bertz CT molecular complexity index is 806. The largest absolute Gasteiger partial charge is 0.416 e. The summed E-state index contributed by atoms with van der Waals surface area (Å²) in [6, 6.07) is 5.70. The zero-order chi connectivity index (χ0) is 22.8. The van der Waals surface area contributed by atoms with E-state index in [0.29, 0.717) is 44.3 Å². The minimum Gasteiger partial charge on any atom is -0.368 e. The fraction of sp³-hybridized carbons (Fsp3) is 0.636. The van der Waals surface area contributed by atoms with E-state index in [4.69, 9.17) is 12.2 Å². The molecule has 0 spiro atoms. The average molecular weight is 457 g/mol. The number of alkyl halides is 3. The first-order valence-electron chi connectivity index (χ1n) is 10.7. The lowest BCUT2D eigenvalue weighted by Gasteiger charge is -2.45. The van der Waals surface area contributed by atoms with Crippen molar-refractivity contribution in [1.29, 1.82) is 0 Å². The summed E-state index contributed by atoms with van der Waals surface area (Å²) in [5.41, 5.74) is -0.113. The Morgan fingerprint density at radius 2 is 1.90 bits per heavy atom. The summed E-state index contributed by atoms with van der Waals surface area (Å²) in [6.07, 6.45) is -2.20. The van der Waals surface area contributed by atoms with Crippen molar-refractivity contribution in [2.45, 2.75) is 57.8 Å². The van der Waals surface area contributed by atoms with Gasteiger partial charge in [0, 0.05) is 56.4 Å². The van der Waals surface area contributed by atoms with Crippen molar-refractivity contribution in [2.24, 2.45) is 0 Å². The normalized spacial score (nSPS) is 21.8. The third-order valence-corrected chi connectivity index (χ3v) is 6.34. The predicted molar refractivity (Wildman–Crippen MR) is 120 cm³/mol. The Labute approximate surface area is 187 Å². The Kier molecular flexibility index (Phi) is 7.03. The summed E-state index contributed by atoms with van der Waals surface area (Å²) in [5.74, 6) is 0.0903. The number of hydrogen-bond acceptors (Lipinski definition) is 3. The second-order valence-electron chi connectivity index (χ2n) is 9.08. The molecule has 2 aliphatic heterocycles. The van der Waals surface area contributed by atoms with Crippen molar-refractivity contribution >= 4 is 28.9 Å². The Morgan fingerprint density at radius 3 is 2.52 bits per heavy atom. The highest BCUT2D eigenvalue weighted by atomic mass is 32.1. The van der Waals surface area contributed by atoms with Gasteiger partial charge in [0.1, 0.15) is 0 Å². The molecule has 0 radical (unpaired) electrons. The van der Waals surface area contributed by atoms with Gasteiger partial charge in [-0.3, -0.25) is 4.79 Å². The number of nitrogens with one attached hydrogen (secondary N) is 1. The molecule has 1 aromatic rings. The molecule has 2 saturated heterocycles. The maximum absolute atomic E-state index is 13.0. The van der Waals surface area contributed by atoms with Gasteiger partial charge in [0.25, 0.3) is 0 Å². The van der Waals surface area contributed by atoms with Gasteiger partial charge in [-0.25, -0.2) is 0 Å². The van der Waals surface area contributed by atoms with E-state index in [-0.39, 0.29) is 11.4 Å². The average Bonchev–Trinajstić information content (AvgIpc) is 2.68. The number of nitrogens with zero attached hydrogens (tertiary/aromatic N) is 3. The molecule has 2 fully saturated rings. The second-order valence-corrected chi connectivity index (χ2v) is 9.47. The van der Waals surface area contributed by atoms with Crippen LogP contribution in [0.1, 0.15) is 45.6 Å². The maximum atomic E-state index is 13.0. The SMILES string of the molecule is CC1CC(C)(C)NC(=S)N1CCCC(=O)N1CCN(c2cccc(C(F)(F)F)c2)CC1. The molecular formula is C22H31F3N4OS. The lowest BCUT2D eigenvalue weighted by molar-refractivity contribution is -0.137. The summed E-state index contributed by atoms with van der Waals surface area (Å²) in [6.45, 7) is 9.25. The van der Waals surface area contributed by atoms with Crippen molar-refractivity contribution in [1.82, 2.24) is 15.1 Å². The zero-order valence-corrected chi connectivity index (χ0v) is 19.2. The quantitative estimate of drug-likeness (QED) is 0.681. The predicted octanol–water partition coefficient (Wildman–Crippen LogP) is 3.88. The summed E-state index contributed by atoms with van der Waals surface area (Å²) in [4.78, 5) is 18.5. The molecule has 172 valence electrons. The molecule has 0 aliphatic carbocycles. The fourth-order valence-corrected chi connectivity index (χ4v) is 4.98. The molecule has 31 heavy (non-hydrogen) atoms. The fourth-order valence-electron chi connectivity index (χ4n) is 4.43. The van der Waals surface area contributed by atoms with Gasteiger partial charge in [-0.1, -0.05) is 6.07 Å². The molecule has 3 rings (SSSR count). The monoisotopic (exact) mass is 456 g/mol. The minimum absolute atomic E-state index is 0.0118. The molecule has 0 bridgehead atoms. The van der Waals surface area contributed by atoms with Gasteiger partial charge in [-0.15, -0.1) is 0 Å². The summed E-state index contributed by atoms with van der Waals surface area (Å²) >= 11 is 5.49. The highest BCUT2D eigenvalue weighted by molar-refractivity contribution is 7.80. The standard InChI is InChI=1S/C22H31F3N4OS/c1-16-15-21(2,3)26-20(31)29(16)9-5-8-19(30)28-12-10-27(11-13-28)18-7-4-6-17(14-18)22(23,24)25/h4,6-7,14,16H,5,8-13,15H2,1-3H3,(H,26,31). The zero-order valence-electron chi connectivity index (χ0n) is 18.3. The van der Waals surface area contributed by atoms with E-state index in [0.717, 1.165) is 30.6 Å². The first kappa shape index (κ1) is 23.6. The topological polar surface area (TPSA) is 38.8 Å². The summed E-state index contributed by atoms with van der Waals surface area (Å²) < 4.78 is 38.9. The van der Waals surface area contributed by atoms with Gasteiger partial charge in [0.05, 0.1) is 5.56 Å². The number of hydrogen-bond donors (Lipinski definition) is 1. The van der Waals surface area contributed by atoms with Crippen LogP contribution in [0.3, 0.4) is 0 Å². The maximum Gasteiger partial charge on any atom is 0.416 e. The summed E-state index contributed by atoms with van der Waals surface area (Å²) in [7, 11) is 0. The molecule has 1 atom stereocenters. The van der Waals surface area contributed by atoms with Gasteiger partial charge < -0.3 is 20.0 Å². The van der Waals surface area contributed by atoms with Crippen LogP contribution in [0.5, 0.6) is 0 Å². The number of thiocarbonyl (C=S) groups is 1. The lowest BCUT2D eigenvalue weighted by Crippen LogP contribution is -2.60. The van der Waals surface area contributed by atoms with Crippen molar-refractivity contribution in [3.8, 4) is 0 Å². The molecular weight excluding hydrogens is 425 g/mol. The number of rotatable bonds is 5. The first-order chi connectivity index (χ1) is 14.5. The van der Waals surface area contributed by atoms with Crippen molar-refractivity contribution in [2.75, 3.05) is 37.6 Å². The van der Waals surface area contributed by atoms with E-state index in [2.05, 4.69) is 31.0 Å². The smallest absolute Gasteiger partial charge is 0.368 e. The molecule has 1 amide bonds. The van der Waals surface area contributed by atoms with E-state index in [9.17, 15) is 18.0 Å². The van der Waals surface area contributed by atoms with Gasteiger partial charge in [0.15, 0.2) is 5.11 Å². The van der Waals surface area contributed by atoms with Gasteiger partial charge in [-0.05, 0) is 64.0 Å². The molecule has 2 aliphatic rings. The number of benzene rings is 1. The first-order valence-corrected chi connectivity index (χ1v) is 11.2. The molecule has 1 N–H and O–H groups in total. The van der Waals surface area contributed by atoms with Crippen LogP contribution in [-0.2, 0) is 11.0 Å². The van der Waals surface area contributed by atoms with Crippen LogP contribution in [-0.4, -0.2) is 65.1 Å². The highest BCUT2D eigenvalue weighted by Gasteiger charge is 2.33. The highest BCUT2D eigenvalue weighted by Crippen LogP contribution is 2.32. The Balaban J connectivity index is 1.45. The molecule has 0 aromatic heterocycles. The second kappa shape index (κ2) is 9.22. The van der Waals surface area contributed by atoms with Crippen molar-refractivity contribution in [3.05, 3.63) is 29.8 Å². The molecule has 1 unspecified atom stereocenters. The van der Waals surface area contributed by atoms with E-state index in [1.807, 2.05) is 9.80 Å². The number of halogens is 3. The van der Waals surface area contributed by atoms with Crippen LogP contribution in [0.4, 0.5) is 18.9 Å². The van der Waals surface area contributed by atoms with Gasteiger partial charge in [-0.2, -0.15) is 13.2 Å². The molecule has 1 aromatic carbocycles. The van der Waals surface area contributed by atoms with Crippen LogP contribution >= 0.6 is 12.2 Å². The number of piperazine rings is 1. The van der Waals surface area contributed by atoms with Crippen LogP contribution in [0.15, 0.2) is 24.3 Å². The van der Waals surface area contributed by atoms with Gasteiger partial charge >= 0.3 is 6.18 Å². The van der Waals surface area contributed by atoms with Gasteiger partial charge in [0.2, 0.25) is 5.91 Å². The number of anilines is 1. The van der Waals surface area contributed by atoms with Crippen molar-refractivity contribution < 1.29 is 18.0 Å². The Hall–Kier alpha value is -2.03. The van der Waals surface area contributed by atoms with Crippen molar-refractivity contribution in [3.63, 3.8) is 0 Å². The molecule has 9 heteroatoms. The van der Waals surface area contributed by atoms with E-state index >= 15 is 0 Å². The molecule has 0 saturated carbocycles. The van der Waals surface area contributed by atoms with Crippen LogP contribution in [0.25, 0.3) is 0 Å². The van der Waals surface area contributed by atoms with Crippen LogP contribution in [0, 0.1) is 0 Å². The Morgan fingerprint density at radius 1 is 1.23 bits per heavy atom. The molecule has 5 nitrogen and oxygen atoms in total. The third kappa shape index (κ3) is 6.02. The minimum atomic E-state index is -4.35. The summed E-state index contributed by atoms with van der Waals surface area (Å²) in [5, 5.41) is 4.10. The number of carbonyl (C=O) groups excluding carboxylic acids is 1. The molecule has 2 heterocycles. The number of carbonyl (C=O) groups is 1. The van der Waals surface area contributed by atoms with Crippen LogP contribution < -0.4 is 10.2 Å². The van der Waals surface area contributed by atoms with Crippen LogP contribution in [0.2, 0.25) is 0 Å².